The quantitative estimate of drug-likeness (QED) is 0.641. The Labute approximate surface area is 129 Å². The molecule has 1 N–H and O–H groups in total. The third kappa shape index (κ3) is 5.78. The number of hydrogen-bond acceptors (Lipinski definition) is 3. The standard InChI is InChI=1S/C13H19NO3S.Li.H/c15-18(16)13-5-3-12(4-6-13)2-1-7-14-8-10-17-11-9-14;;/h3-6H,1-2,7-11H2,(H,15,16);;. The van der Waals surface area contributed by atoms with Gasteiger partial charge in [-0.2, -0.15) is 0 Å². The first kappa shape index (κ1) is 16.9. The molecular weight excluding hydrogens is 257 g/mol. The SMILES string of the molecule is O=S(O)c1ccc(CCCN2CCOCC2)cc1.[LiH]. The second-order valence-corrected chi connectivity index (χ2v) is 5.42. The monoisotopic (exact) mass is 277 g/mol. The summed E-state index contributed by atoms with van der Waals surface area (Å²) in [6.45, 7) is 4.84. The zero-order valence-electron chi connectivity index (χ0n) is 10.4. The molecule has 2 rings (SSSR count). The van der Waals surface area contributed by atoms with Gasteiger partial charge in [-0.05, 0) is 37.1 Å². The molecule has 19 heavy (non-hydrogen) atoms. The average molecular weight is 277 g/mol. The van der Waals surface area contributed by atoms with Crippen LogP contribution in [0.3, 0.4) is 0 Å². The molecule has 1 aliphatic heterocycles. The van der Waals surface area contributed by atoms with Crippen LogP contribution in [0.4, 0.5) is 0 Å². The Kier molecular flexibility index (Phi) is 7.92. The minimum atomic E-state index is -1.87. The first-order valence-electron chi connectivity index (χ1n) is 6.25. The minimum absolute atomic E-state index is 0. The van der Waals surface area contributed by atoms with Crippen molar-refractivity contribution in [3.63, 3.8) is 0 Å². The fourth-order valence-electron chi connectivity index (χ4n) is 2.10. The number of ether oxygens (including phenoxy) is 1. The van der Waals surface area contributed by atoms with E-state index in [0.717, 1.165) is 45.7 Å². The molecule has 0 amide bonds. The fraction of sp³-hybridized carbons (Fsp3) is 0.538. The first-order chi connectivity index (χ1) is 8.75. The van der Waals surface area contributed by atoms with Gasteiger partial charge < -0.3 is 9.29 Å². The van der Waals surface area contributed by atoms with Crippen molar-refractivity contribution in [3.8, 4) is 0 Å². The molecule has 1 fully saturated rings. The van der Waals surface area contributed by atoms with Crippen molar-refractivity contribution in [1.29, 1.82) is 0 Å². The van der Waals surface area contributed by atoms with Crippen molar-refractivity contribution in [3.05, 3.63) is 29.8 Å². The molecule has 6 heteroatoms. The molecule has 102 valence electrons. The molecule has 1 atom stereocenters. The summed E-state index contributed by atoms with van der Waals surface area (Å²) in [7, 11) is 0. The second kappa shape index (κ2) is 8.91. The van der Waals surface area contributed by atoms with Gasteiger partial charge in [-0.15, -0.1) is 0 Å². The van der Waals surface area contributed by atoms with E-state index in [1.165, 1.54) is 5.56 Å². The van der Waals surface area contributed by atoms with Crippen LogP contribution in [-0.4, -0.2) is 65.4 Å². The van der Waals surface area contributed by atoms with Gasteiger partial charge in [-0.25, -0.2) is 4.21 Å². The van der Waals surface area contributed by atoms with Gasteiger partial charge in [0.05, 0.1) is 18.1 Å². The van der Waals surface area contributed by atoms with Crippen LogP contribution in [0.1, 0.15) is 12.0 Å². The third-order valence-corrected chi connectivity index (χ3v) is 3.84. The van der Waals surface area contributed by atoms with E-state index in [1.807, 2.05) is 12.1 Å². The van der Waals surface area contributed by atoms with E-state index in [-0.39, 0.29) is 18.9 Å². The Balaban J connectivity index is 0.00000180. The molecule has 1 unspecified atom stereocenters. The van der Waals surface area contributed by atoms with E-state index >= 15 is 0 Å². The molecule has 0 spiro atoms. The number of nitrogens with zero attached hydrogens (tertiary/aromatic N) is 1. The van der Waals surface area contributed by atoms with Gasteiger partial charge in [0, 0.05) is 13.1 Å². The molecule has 1 aliphatic rings. The van der Waals surface area contributed by atoms with Gasteiger partial charge in [0.2, 0.25) is 0 Å². The van der Waals surface area contributed by atoms with Crippen molar-refractivity contribution in [1.82, 2.24) is 4.90 Å². The van der Waals surface area contributed by atoms with E-state index in [2.05, 4.69) is 4.90 Å². The molecule has 1 aromatic carbocycles. The zero-order valence-corrected chi connectivity index (χ0v) is 11.2. The van der Waals surface area contributed by atoms with Gasteiger partial charge >= 0.3 is 18.9 Å². The Morgan fingerprint density at radius 2 is 1.84 bits per heavy atom. The summed E-state index contributed by atoms with van der Waals surface area (Å²) in [4.78, 5) is 2.88. The normalized spacial score (nSPS) is 17.7. The molecule has 0 aromatic heterocycles. The van der Waals surface area contributed by atoms with Crippen LogP contribution in [0.2, 0.25) is 0 Å². The number of morpholine rings is 1. The third-order valence-electron chi connectivity index (χ3n) is 3.17. The van der Waals surface area contributed by atoms with E-state index in [0.29, 0.717) is 4.90 Å². The van der Waals surface area contributed by atoms with E-state index in [1.54, 1.807) is 12.1 Å². The maximum atomic E-state index is 10.8. The molecule has 0 bridgehead atoms. The Morgan fingerprint density at radius 3 is 2.42 bits per heavy atom. The van der Waals surface area contributed by atoms with Crippen LogP contribution in [-0.2, 0) is 22.2 Å². The predicted octanol–water partition coefficient (Wildman–Crippen LogP) is 0.884. The summed E-state index contributed by atoms with van der Waals surface area (Å²) < 4.78 is 25.0. The van der Waals surface area contributed by atoms with Crippen LogP contribution in [0.5, 0.6) is 0 Å². The zero-order chi connectivity index (χ0) is 12.8. The summed E-state index contributed by atoms with van der Waals surface area (Å²) in [5, 5.41) is 0. The molecule has 4 nitrogen and oxygen atoms in total. The molecule has 0 saturated carbocycles. The Morgan fingerprint density at radius 1 is 1.21 bits per heavy atom. The topological polar surface area (TPSA) is 49.8 Å². The molecule has 1 heterocycles. The molecule has 1 aromatic rings. The van der Waals surface area contributed by atoms with Crippen molar-refractivity contribution in [2.24, 2.45) is 0 Å². The second-order valence-electron chi connectivity index (χ2n) is 4.45. The van der Waals surface area contributed by atoms with Crippen molar-refractivity contribution < 1.29 is 13.5 Å². The van der Waals surface area contributed by atoms with Crippen molar-refractivity contribution in [2.75, 3.05) is 32.8 Å². The average Bonchev–Trinajstić information content (AvgIpc) is 2.40. The van der Waals surface area contributed by atoms with Crippen LogP contribution < -0.4 is 0 Å². The maximum absolute atomic E-state index is 10.8. The van der Waals surface area contributed by atoms with Crippen LogP contribution in [0.15, 0.2) is 29.2 Å². The number of benzene rings is 1. The molecule has 0 radical (unpaired) electrons. The summed E-state index contributed by atoms with van der Waals surface area (Å²) in [5.41, 5.74) is 1.22. The Bertz CT molecular complexity index is 393. The first-order valence-corrected chi connectivity index (χ1v) is 7.36. The van der Waals surface area contributed by atoms with Crippen LogP contribution >= 0.6 is 0 Å². The van der Waals surface area contributed by atoms with Gasteiger partial charge in [-0.3, -0.25) is 4.90 Å². The predicted molar refractivity (Wildman–Crippen MR) is 78.2 cm³/mol. The number of hydrogen-bond donors (Lipinski definition) is 1. The molecule has 0 aliphatic carbocycles. The number of aryl methyl sites for hydroxylation is 1. The summed E-state index contributed by atoms with van der Waals surface area (Å²) in [6, 6.07) is 7.31. The number of rotatable bonds is 5. The summed E-state index contributed by atoms with van der Waals surface area (Å²) in [5.74, 6) is 0. The van der Waals surface area contributed by atoms with Crippen LogP contribution in [0.25, 0.3) is 0 Å². The van der Waals surface area contributed by atoms with E-state index in [9.17, 15) is 4.21 Å². The summed E-state index contributed by atoms with van der Waals surface area (Å²) >= 11 is -1.87. The van der Waals surface area contributed by atoms with Gasteiger partial charge in [0.25, 0.3) is 0 Å². The summed E-state index contributed by atoms with van der Waals surface area (Å²) in [6.07, 6.45) is 2.12. The van der Waals surface area contributed by atoms with E-state index in [4.69, 9.17) is 9.29 Å². The van der Waals surface area contributed by atoms with Gasteiger partial charge in [0.1, 0.15) is 0 Å². The molecule has 1 saturated heterocycles. The fourth-order valence-corrected chi connectivity index (χ4v) is 2.47. The van der Waals surface area contributed by atoms with Crippen LogP contribution in [0, 0.1) is 0 Å². The molecular formula is C13H20LiNO3S. The van der Waals surface area contributed by atoms with Crippen molar-refractivity contribution in [2.45, 2.75) is 17.7 Å². The van der Waals surface area contributed by atoms with Crippen molar-refractivity contribution >= 4 is 29.9 Å². The van der Waals surface area contributed by atoms with Gasteiger partial charge in [0.15, 0.2) is 11.1 Å². The van der Waals surface area contributed by atoms with Gasteiger partial charge in [-0.1, -0.05) is 12.1 Å². The Hall–Kier alpha value is -0.153. The van der Waals surface area contributed by atoms with E-state index < -0.39 is 11.1 Å².